The minimum atomic E-state index is 0.0461. The van der Waals surface area contributed by atoms with Gasteiger partial charge in [0.05, 0.1) is 0 Å². The number of nitrogens with one attached hydrogen (secondary N) is 1. The lowest BCUT2D eigenvalue weighted by Gasteiger charge is -2.12. The van der Waals surface area contributed by atoms with Crippen LogP contribution in [0, 0.1) is 0 Å². The molecule has 1 aromatic carbocycles. The summed E-state index contributed by atoms with van der Waals surface area (Å²) in [5.74, 6) is 0.0461. The summed E-state index contributed by atoms with van der Waals surface area (Å²) in [5, 5.41) is 11.6. The first-order chi connectivity index (χ1) is 7.72. The highest BCUT2D eigenvalue weighted by Gasteiger charge is 2.06. The van der Waals surface area contributed by atoms with Gasteiger partial charge in [-0.25, -0.2) is 0 Å². The van der Waals surface area contributed by atoms with Crippen molar-refractivity contribution in [3.63, 3.8) is 0 Å². The minimum absolute atomic E-state index is 0.0461. The molecule has 0 heterocycles. The summed E-state index contributed by atoms with van der Waals surface area (Å²) in [4.78, 5) is 11.5. The average Bonchev–Trinajstić information content (AvgIpc) is 2.28. The average molecular weight is 221 g/mol. The van der Waals surface area contributed by atoms with Gasteiger partial charge in [-0.05, 0) is 25.3 Å². The molecular weight excluding hydrogens is 202 g/mol. The first-order valence-corrected chi connectivity index (χ1v) is 5.66. The molecule has 1 amide bonds. The number of aliphatic hydroxyl groups is 1. The van der Waals surface area contributed by atoms with Gasteiger partial charge in [-0.1, -0.05) is 30.3 Å². The fourth-order valence-electron chi connectivity index (χ4n) is 1.52. The number of aliphatic hydroxyl groups excluding tert-OH is 1. The van der Waals surface area contributed by atoms with E-state index in [2.05, 4.69) is 5.32 Å². The van der Waals surface area contributed by atoms with Crippen molar-refractivity contribution in [2.24, 2.45) is 0 Å². The molecule has 0 aliphatic heterocycles. The second-order valence-electron chi connectivity index (χ2n) is 3.97. The topological polar surface area (TPSA) is 49.3 Å². The monoisotopic (exact) mass is 221 g/mol. The van der Waals surface area contributed by atoms with Gasteiger partial charge in [-0.15, -0.1) is 0 Å². The van der Waals surface area contributed by atoms with Crippen LogP contribution in [-0.4, -0.2) is 23.7 Å². The van der Waals surface area contributed by atoms with Crippen molar-refractivity contribution in [2.75, 3.05) is 6.61 Å². The fourth-order valence-corrected chi connectivity index (χ4v) is 1.52. The maximum absolute atomic E-state index is 11.5. The quantitative estimate of drug-likeness (QED) is 0.765. The zero-order valence-corrected chi connectivity index (χ0v) is 9.65. The molecule has 0 spiro atoms. The highest BCUT2D eigenvalue weighted by Crippen LogP contribution is 2.02. The predicted octanol–water partition coefficient (Wildman–Crippen LogP) is 1.51. The van der Waals surface area contributed by atoms with Crippen LogP contribution in [0.2, 0.25) is 0 Å². The standard InChI is InChI=1S/C13H19NO2/c1-11(9-10-15)14-13(16)8-7-12-5-3-2-4-6-12/h2-6,11,15H,7-10H2,1H3,(H,14,16). The molecule has 2 N–H and O–H groups in total. The predicted molar refractivity (Wildman–Crippen MR) is 64.1 cm³/mol. The van der Waals surface area contributed by atoms with Gasteiger partial charge >= 0.3 is 0 Å². The smallest absolute Gasteiger partial charge is 0.220 e. The molecule has 3 nitrogen and oxygen atoms in total. The van der Waals surface area contributed by atoms with Gasteiger partial charge in [-0.3, -0.25) is 4.79 Å². The molecule has 88 valence electrons. The second kappa shape index (κ2) is 7.01. The molecule has 1 rings (SSSR count). The van der Waals surface area contributed by atoms with Gasteiger partial charge in [0.2, 0.25) is 5.91 Å². The van der Waals surface area contributed by atoms with Gasteiger partial charge in [0, 0.05) is 19.1 Å². The van der Waals surface area contributed by atoms with Crippen molar-refractivity contribution in [1.29, 1.82) is 0 Å². The summed E-state index contributed by atoms with van der Waals surface area (Å²) >= 11 is 0. The van der Waals surface area contributed by atoms with E-state index in [9.17, 15) is 4.79 Å². The van der Waals surface area contributed by atoms with E-state index in [0.29, 0.717) is 12.8 Å². The molecule has 0 bridgehead atoms. The van der Waals surface area contributed by atoms with Crippen molar-refractivity contribution in [3.05, 3.63) is 35.9 Å². The Hall–Kier alpha value is -1.35. The summed E-state index contributed by atoms with van der Waals surface area (Å²) in [5.41, 5.74) is 1.17. The van der Waals surface area contributed by atoms with Crippen LogP contribution < -0.4 is 5.32 Å². The zero-order valence-electron chi connectivity index (χ0n) is 9.65. The number of carbonyl (C=O) groups excluding carboxylic acids is 1. The molecule has 1 aromatic rings. The lowest BCUT2D eigenvalue weighted by Crippen LogP contribution is -2.33. The van der Waals surface area contributed by atoms with Crippen LogP contribution in [0.5, 0.6) is 0 Å². The molecule has 0 aliphatic carbocycles. The number of rotatable bonds is 6. The minimum Gasteiger partial charge on any atom is -0.396 e. The summed E-state index contributed by atoms with van der Waals surface area (Å²) in [6.07, 6.45) is 1.87. The summed E-state index contributed by atoms with van der Waals surface area (Å²) in [6, 6.07) is 10.00. The van der Waals surface area contributed by atoms with Crippen LogP contribution in [-0.2, 0) is 11.2 Å². The number of hydrogen-bond acceptors (Lipinski definition) is 2. The van der Waals surface area contributed by atoms with Crippen molar-refractivity contribution in [1.82, 2.24) is 5.32 Å². The van der Waals surface area contributed by atoms with Crippen LogP contribution in [0.15, 0.2) is 30.3 Å². The Balaban J connectivity index is 2.25. The lowest BCUT2D eigenvalue weighted by molar-refractivity contribution is -0.121. The Kier molecular flexibility index (Phi) is 5.57. The van der Waals surface area contributed by atoms with Crippen LogP contribution in [0.4, 0.5) is 0 Å². The molecule has 0 radical (unpaired) electrons. The van der Waals surface area contributed by atoms with Crippen molar-refractivity contribution >= 4 is 5.91 Å². The molecule has 0 saturated carbocycles. The maximum Gasteiger partial charge on any atom is 0.220 e. The Morgan fingerprint density at radius 2 is 2.06 bits per heavy atom. The first kappa shape index (κ1) is 12.7. The van der Waals surface area contributed by atoms with E-state index in [1.165, 1.54) is 5.56 Å². The highest BCUT2D eigenvalue weighted by molar-refractivity contribution is 5.76. The van der Waals surface area contributed by atoms with Gasteiger partial charge in [-0.2, -0.15) is 0 Å². The Labute approximate surface area is 96.5 Å². The number of carbonyl (C=O) groups is 1. The second-order valence-corrected chi connectivity index (χ2v) is 3.97. The third-order valence-corrected chi connectivity index (χ3v) is 2.45. The molecule has 1 atom stereocenters. The fraction of sp³-hybridized carbons (Fsp3) is 0.462. The first-order valence-electron chi connectivity index (χ1n) is 5.66. The van der Waals surface area contributed by atoms with Crippen LogP contribution >= 0.6 is 0 Å². The number of benzene rings is 1. The van der Waals surface area contributed by atoms with Crippen LogP contribution in [0.1, 0.15) is 25.3 Å². The zero-order chi connectivity index (χ0) is 11.8. The summed E-state index contributed by atoms with van der Waals surface area (Å²) in [6.45, 7) is 2.01. The van der Waals surface area contributed by atoms with E-state index < -0.39 is 0 Å². The number of amides is 1. The van der Waals surface area contributed by atoms with Crippen molar-refractivity contribution < 1.29 is 9.90 Å². The Morgan fingerprint density at radius 1 is 1.38 bits per heavy atom. The van der Waals surface area contributed by atoms with E-state index in [-0.39, 0.29) is 18.6 Å². The third kappa shape index (κ3) is 4.94. The van der Waals surface area contributed by atoms with E-state index in [0.717, 1.165) is 6.42 Å². The molecular formula is C13H19NO2. The highest BCUT2D eigenvalue weighted by atomic mass is 16.3. The van der Waals surface area contributed by atoms with E-state index in [1.54, 1.807) is 0 Å². The number of aryl methyl sites for hydroxylation is 1. The molecule has 0 saturated heterocycles. The summed E-state index contributed by atoms with van der Waals surface area (Å²) in [7, 11) is 0. The normalized spacial score (nSPS) is 12.1. The SMILES string of the molecule is CC(CCO)NC(=O)CCc1ccccc1. The number of hydrogen-bond donors (Lipinski definition) is 2. The van der Waals surface area contributed by atoms with E-state index in [1.807, 2.05) is 37.3 Å². The maximum atomic E-state index is 11.5. The van der Waals surface area contributed by atoms with Gasteiger partial charge in [0.15, 0.2) is 0 Å². The van der Waals surface area contributed by atoms with Gasteiger partial charge in [0.25, 0.3) is 0 Å². The Morgan fingerprint density at radius 3 is 2.69 bits per heavy atom. The molecule has 0 aromatic heterocycles. The lowest BCUT2D eigenvalue weighted by atomic mass is 10.1. The largest absolute Gasteiger partial charge is 0.396 e. The van der Waals surface area contributed by atoms with E-state index >= 15 is 0 Å². The summed E-state index contributed by atoms with van der Waals surface area (Å²) < 4.78 is 0. The molecule has 0 fully saturated rings. The molecule has 16 heavy (non-hydrogen) atoms. The third-order valence-electron chi connectivity index (χ3n) is 2.45. The molecule has 3 heteroatoms. The molecule has 1 unspecified atom stereocenters. The molecule has 0 aliphatic rings. The van der Waals surface area contributed by atoms with Crippen molar-refractivity contribution in [3.8, 4) is 0 Å². The van der Waals surface area contributed by atoms with E-state index in [4.69, 9.17) is 5.11 Å². The van der Waals surface area contributed by atoms with Gasteiger partial charge < -0.3 is 10.4 Å². The van der Waals surface area contributed by atoms with Gasteiger partial charge in [0.1, 0.15) is 0 Å². The van der Waals surface area contributed by atoms with Crippen LogP contribution in [0.25, 0.3) is 0 Å². The Bertz CT molecular complexity index is 311. The van der Waals surface area contributed by atoms with Crippen LogP contribution in [0.3, 0.4) is 0 Å². The van der Waals surface area contributed by atoms with Crippen molar-refractivity contribution in [2.45, 2.75) is 32.2 Å².